The lowest BCUT2D eigenvalue weighted by molar-refractivity contribution is 0.280. The molecule has 2 aromatic rings. The number of benzene rings is 1. The molecule has 1 aromatic heterocycles. The minimum absolute atomic E-state index is 0.232. The van der Waals surface area contributed by atoms with Gasteiger partial charge in [0.2, 0.25) is 0 Å². The molecule has 0 bridgehead atoms. The van der Waals surface area contributed by atoms with Crippen molar-refractivity contribution in [3.63, 3.8) is 0 Å². The summed E-state index contributed by atoms with van der Waals surface area (Å²) in [5, 5.41) is 8.87. The summed E-state index contributed by atoms with van der Waals surface area (Å²) in [6.45, 7) is 3.19. The highest BCUT2D eigenvalue weighted by Gasteiger charge is 2.07. The summed E-state index contributed by atoms with van der Waals surface area (Å²) in [7, 11) is 0. The van der Waals surface area contributed by atoms with Crippen molar-refractivity contribution in [2.75, 3.05) is 6.61 Å². The fourth-order valence-electron chi connectivity index (χ4n) is 1.87. The fraction of sp³-hybridized carbons (Fsp3) is 0.417. The van der Waals surface area contributed by atoms with E-state index in [1.54, 1.807) is 0 Å². The molecule has 0 aliphatic heterocycles. The van der Waals surface area contributed by atoms with Crippen LogP contribution in [0.3, 0.4) is 0 Å². The molecule has 0 saturated heterocycles. The number of aliphatic hydroxyl groups excluding tert-OH is 1. The summed E-state index contributed by atoms with van der Waals surface area (Å²) in [5.41, 5.74) is 2.22. The van der Waals surface area contributed by atoms with Crippen molar-refractivity contribution in [2.24, 2.45) is 0 Å². The van der Waals surface area contributed by atoms with Crippen LogP contribution in [0.25, 0.3) is 11.0 Å². The first-order valence-corrected chi connectivity index (χ1v) is 5.41. The Morgan fingerprint density at radius 3 is 2.87 bits per heavy atom. The number of hydrogen-bond donors (Lipinski definition) is 1. The van der Waals surface area contributed by atoms with Gasteiger partial charge in [0.1, 0.15) is 5.82 Å². The second-order valence-corrected chi connectivity index (χ2v) is 3.60. The predicted molar refractivity (Wildman–Crippen MR) is 60.8 cm³/mol. The number of aryl methyl sites for hydroxylation is 2. The number of fused-ring (bicyclic) bond motifs is 1. The maximum absolute atomic E-state index is 8.87. The molecule has 80 valence electrons. The standard InChI is InChI=1S/C12H16N2O/c1-2-12-13-10-6-3-4-7-11(10)14(12)8-5-9-15/h3-4,6-7,15H,2,5,8-9H2,1H3. The van der Waals surface area contributed by atoms with E-state index in [0.29, 0.717) is 0 Å². The van der Waals surface area contributed by atoms with Gasteiger partial charge < -0.3 is 9.67 Å². The van der Waals surface area contributed by atoms with E-state index < -0.39 is 0 Å². The molecular formula is C12H16N2O. The molecule has 3 nitrogen and oxygen atoms in total. The van der Waals surface area contributed by atoms with Crippen LogP contribution < -0.4 is 0 Å². The second-order valence-electron chi connectivity index (χ2n) is 3.60. The SMILES string of the molecule is CCc1nc2ccccc2n1CCCO. The summed E-state index contributed by atoms with van der Waals surface area (Å²) < 4.78 is 2.20. The Morgan fingerprint density at radius 2 is 2.13 bits per heavy atom. The van der Waals surface area contributed by atoms with Gasteiger partial charge in [-0.1, -0.05) is 19.1 Å². The Labute approximate surface area is 89.4 Å². The van der Waals surface area contributed by atoms with Crippen LogP contribution in [0.1, 0.15) is 19.2 Å². The van der Waals surface area contributed by atoms with E-state index in [4.69, 9.17) is 5.11 Å². The van der Waals surface area contributed by atoms with Gasteiger partial charge in [0.25, 0.3) is 0 Å². The lowest BCUT2D eigenvalue weighted by atomic mass is 10.3. The number of imidazole rings is 1. The second kappa shape index (κ2) is 4.45. The van der Waals surface area contributed by atoms with E-state index in [-0.39, 0.29) is 6.61 Å². The summed E-state index contributed by atoms with van der Waals surface area (Å²) in [5.74, 6) is 1.10. The Hall–Kier alpha value is -1.35. The number of rotatable bonds is 4. The van der Waals surface area contributed by atoms with Crippen molar-refractivity contribution >= 4 is 11.0 Å². The number of aromatic nitrogens is 2. The quantitative estimate of drug-likeness (QED) is 0.827. The largest absolute Gasteiger partial charge is 0.396 e. The molecule has 0 fully saturated rings. The van der Waals surface area contributed by atoms with Gasteiger partial charge in [-0.05, 0) is 18.6 Å². The van der Waals surface area contributed by atoms with Crippen LogP contribution >= 0.6 is 0 Å². The summed E-state index contributed by atoms with van der Waals surface area (Å²) in [6, 6.07) is 8.15. The molecule has 0 aliphatic carbocycles. The highest BCUT2D eigenvalue weighted by molar-refractivity contribution is 5.75. The molecule has 1 heterocycles. The Balaban J connectivity index is 2.47. The van der Waals surface area contributed by atoms with E-state index >= 15 is 0 Å². The van der Waals surface area contributed by atoms with Crippen molar-refractivity contribution in [2.45, 2.75) is 26.3 Å². The zero-order valence-corrected chi connectivity index (χ0v) is 8.98. The van der Waals surface area contributed by atoms with Crippen molar-refractivity contribution < 1.29 is 5.11 Å². The van der Waals surface area contributed by atoms with E-state index in [1.165, 1.54) is 5.52 Å². The average Bonchev–Trinajstić information content (AvgIpc) is 2.64. The Bertz CT molecular complexity index is 448. The first kappa shape index (κ1) is 10.2. The van der Waals surface area contributed by atoms with E-state index in [2.05, 4.69) is 22.5 Å². The molecule has 0 unspecified atom stereocenters. The third kappa shape index (κ3) is 1.88. The average molecular weight is 204 g/mol. The monoisotopic (exact) mass is 204 g/mol. The van der Waals surface area contributed by atoms with Gasteiger partial charge >= 0.3 is 0 Å². The Kier molecular flexibility index (Phi) is 3.02. The van der Waals surface area contributed by atoms with Crippen molar-refractivity contribution in [3.8, 4) is 0 Å². The molecule has 0 saturated carbocycles. The number of para-hydroxylation sites is 2. The fourth-order valence-corrected chi connectivity index (χ4v) is 1.87. The van der Waals surface area contributed by atoms with Crippen LogP contribution in [-0.2, 0) is 13.0 Å². The van der Waals surface area contributed by atoms with Crippen LogP contribution in [0, 0.1) is 0 Å². The third-order valence-corrected chi connectivity index (χ3v) is 2.59. The molecule has 0 aliphatic rings. The van der Waals surface area contributed by atoms with Crippen LogP contribution in [0.15, 0.2) is 24.3 Å². The molecule has 15 heavy (non-hydrogen) atoms. The van der Waals surface area contributed by atoms with Crippen LogP contribution in [0.4, 0.5) is 0 Å². The van der Waals surface area contributed by atoms with Gasteiger partial charge in [0.05, 0.1) is 11.0 Å². The topological polar surface area (TPSA) is 38.0 Å². The Morgan fingerprint density at radius 1 is 1.33 bits per heavy atom. The van der Waals surface area contributed by atoms with Crippen LogP contribution in [0.2, 0.25) is 0 Å². The first-order valence-electron chi connectivity index (χ1n) is 5.41. The van der Waals surface area contributed by atoms with Crippen molar-refractivity contribution in [3.05, 3.63) is 30.1 Å². The minimum atomic E-state index is 0.232. The van der Waals surface area contributed by atoms with Gasteiger partial charge in [0, 0.05) is 19.6 Å². The molecule has 0 spiro atoms. The molecule has 1 N–H and O–H groups in total. The highest BCUT2D eigenvalue weighted by Crippen LogP contribution is 2.16. The minimum Gasteiger partial charge on any atom is -0.396 e. The molecular weight excluding hydrogens is 188 g/mol. The van der Waals surface area contributed by atoms with Gasteiger partial charge in [0.15, 0.2) is 0 Å². The smallest absolute Gasteiger partial charge is 0.109 e. The molecule has 1 aromatic carbocycles. The molecule has 0 radical (unpaired) electrons. The van der Waals surface area contributed by atoms with Crippen molar-refractivity contribution in [1.82, 2.24) is 9.55 Å². The summed E-state index contributed by atoms with van der Waals surface area (Å²) >= 11 is 0. The summed E-state index contributed by atoms with van der Waals surface area (Å²) in [6.07, 6.45) is 1.72. The summed E-state index contributed by atoms with van der Waals surface area (Å²) in [4.78, 5) is 4.57. The van der Waals surface area contributed by atoms with Gasteiger partial charge in [-0.25, -0.2) is 4.98 Å². The van der Waals surface area contributed by atoms with Gasteiger partial charge in [-0.2, -0.15) is 0 Å². The zero-order valence-electron chi connectivity index (χ0n) is 8.98. The third-order valence-electron chi connectivity index (χ3n) is 2.59. The lowest BCUT2D eigenvalue weighted by Gasteiger charge is -2.06. The zero-order chi connectivity index (χ0) is 10.7. The molecule has 0 atom stereocenters. The number of hydrogen-bond acceptors (Lipinski definition) is 2. The van der Waals surface area contributed by atoms with E-state index in [0.717, 1.165) is 30.7 Å². The number of nitrogens with zero attached hydrogens (tertiary/aromatic N) is 2. The molecule has 0 amide bonds. The predicted octanol–water partition coefficient (Wildman–Crippen LogP) is 1.98. The van der Waals surface area contributed by atoms with E-state index in [1.807, 2.05) is 18.2 Å². The maximum Gasteiger partial charge on any atom is 0.109 e. The lowest BCUT2D eigenvalue weighted by Crippen LogP contribution is -2.04. The van der Waals surface area contributed by atoms with Gasteiger partial charge in [-0.15, -0.1) is 0 Å². The van der Waals surface area contributed by atoms with Gasteiger partial charge in [-0.3, -0.25) is 0 Å². The maximum atomic E-state index is 8.87. The molecule has 2 rings (SSSR count). The van der Waals surface area contributed by atoms with Crippen LogP contribution in [0.5, 0.6) is 0 Å². The van der Waals surface area contributed by atoms with Crippen LogP contribution in [-0.4, -0.2) is 21.3 Å². The van der Waals surface area contributed by atoms with Crippen molar-refractivity contribution in [1.29, 1.82) is 0 Å². The molecule has 3 heteroatoms. The normalized spacial score (nSPS) is 11.1. The van der Waals surface area contributed by atoms with E-state index in [9.17, 15) is 0 Å². The number of aliphatic hydroxyl groups is 1. The highest BCUT2D eigenvalue weighted by atomic mass is 16.3. The first-order chi connectivity index (χ1) is 7.36.